The Morgan fingerprint density at radius 3 is 2.65 bits per heavy atom. The average Bonchev–Trinajstić information content (AvgIpc) is 3.50. The summed E-state index contributed by atoms with van der Waals surface area (Å²) >= 11 is 0. The van der Waals surface area contributed by atoms with Gasteiger partial charge in [0, 0.05) is 57.0 Å². The van der Waals surface area contributed by atoms with E-state index in [9.17, 15) is 4.79 Å². The number of hydrogen-bond acceptors (Lipinski definition) is 6. The van der Waals surface area contributed by atoms with Crippen LogP contribution in [0.5, 0.6) is 0 Å². The Hall–Kier alpha value is -3.50. The van der Waals surface area contributed by atoms with Crippen molar-refractivity contribution in [1.82, 2.24) is 29.6 Å². The molecule has 9 nitrogen and oxygen atoms in total. The largest absolute Gasteiger partial charge is 0.444 e. The summed E-state index contributed by atoms with van der Waals surface area (Å²) in [7, 11) is -1.15. The highest BCUT2D eigenvalue weighted by Crippen LogP contribution is 2.32. The number of pyridine rings is 1. The molecular formula is C30H42N6O3Si. The molecule has 0 aliphatic heterocycles. The second-order valence-corrected chi connectivity index (χ2v) is 18.0. The first-order chi connectivity index (χ1) is 18.9. The van der Waals surface area contributed by atoms with E-state index in [0.717, 1.165) is 57.3 Å². The van der Waals surface area contributed by atoms with Gasteiger partial charge in [-0.25, -0.2) is 9.78 Å². The van der Waals surface area contributed by atoms with E-state index in [4.69, 9.17) is 9.47 Å². The van der Waals surface area contributed by atoms with E-state index in [-0.39, 0.29) is 6.09 Å². The van der Waals surface area contributed by atoms with E-state index >= 15 is 0 Å². The number of carbonyl (C=O) groups is 1. The van der Waals surface area contributed by atoms with Crippen molar-refractivity contribution in [1.29, 1.82) is 0 Å². The first-order valence-corrected chi connectivity index (χ1v) is 17.6. The topological polar surface area (TPSA) is 98.2 Å². The number of rotatable bonds is 10. The number of aromatic nitrogens is 5. The lowest BCUT2D eigenvalue weighted by molar-refractivity contribution is 0.0244. The third kappa shape index (κ3) is 7.17. The summed E-state index contributed by atoms with van der Waals surface area (Å²) in [5.41, 5.74) is 5.22. The van der Waals surface area contributed by atoms with Gasteiger partial charge in [-0.3, -0.25) is 10.1 Å². The van der Waals surface area contributed by atoms with Gasteiger partial charge in [-0.05, 0) is 69.5 Å². The molecule has 10 heteroatoms. The zero-order valence-electron chi connectivity index (χ0n) is 25.0. The van der Waals surface area contributed by atoms with E-state index in [1.165, 1.54) is 0 Å². The van der Waals surface area contributed by atoms with Crippen LogP contribution >= 0.6 is 0 Å². The lowest BCUT2D eigenvalue weighted by Gasteiger charge is -2.27. The van der Waals surface area contributed by atoms with Crippen molar-refractivity contribution in [2.45, 2.75) is 79.2 Å². The van der Waals surface area contributed by atoms with Crippen molar-refractivity contribution in [3.8, 4) is 22.6 Å². The fourth-order valence-electron chi connectivity index (χ4n) is 4.38. The molecule has 0 fully saturated rings. The Morgan fingerprint density at radius 1 is 1.18 bits per heavy atom. The minimum Gasteiger partial charge on any atom is -0.444 e. The molecule has 3 heterocycles. The summed E-state index contributed by atoms with van der Waals surface area (Å²) in [5.74, 6) is 0.760. The van der Waals surface area contributed by atoms with Gasteiger partial charge in [-0.1, -0.05) is 25.7 Å². The lowest BCUT2D eigenvalue weighted by Crippen LogP contribution is -2.36. The monoisotopic (exact) mass is 562 g/mol. The summed E-state index contributed by atoms with van der Waals surface area (Å²) < 4.78 is 13.6. The number of nitrogens with one attached hydrogen (secondary N) is 1. The third-order valence-electron chi connectivity index (χ3n) is 6.74. The number of aromatic amines is 1. The van der Waals surface area contributed by atoms with Gasteiger partial charge in [0.2, 0.25) is 0 Å². The van der Waals surface area contributed by atoms with Crippen LogP contribution in [0.1, 0.15) is 38.8 Å². The molecule has 0 saturated heterocycles. The van der Waals surface area contributed by atoms with E-state index in [2.05, 4.69) is 58.9 Å². The van der Waals surface area contributed by atoms with E-state index in [1.807, 2.05) is 56.9 Å². The van der Waals surface area contributed by atoms with Gasteiger partial charge >= 0.3 is 6.09 Å². The molecule has 0 spiro atoms. The number of imidazole rings is 1. The molecule has 214 valence electrons. The van der Waals surface area contributed by atoms with Crippen LogP contribution in [0.25, 0.3) is 33.5 Å². The van der Waals surface area contributed by atoms with Gasteiger partial charge in [0.25, 0.3) is 0 Å². The lowest BCUT2D eigenvalue weighted by atomic mass is 9.97. The molecule has 0 saturated carbocycles. The molecule has 0 radical (unpaired) electrons. The fourth-order valence-corrected chi connectivity index (χ4v) is 5.14. The first-order valence-electron chi connectivity index (χ1n) is 13.9. The van der Waals surface area contributed by atoms with Crippen LogP contribution in [0.3, 0.4) is 0 Å². The predicted octanol–water partition coefficient (Wildman–Crippen LogP) is 6.87. The number of fused-ring (bicyclic) bond motifs is 1. The zero-order chi connectivity index (χ0) is 29.1. The SMILES string of the molecule is CCN(Cc1cncc(-c2ccc3[nH]nc(-c4nccn4COCC[Si](C)(C)C)c3c2)c1C)C(=O)OC(C)(C)C. The maximum absolute atomic E-state index is 12.7. The van der Waals surface area contributed by atoms with Gasteiger partial charge in [-0.15, -0.1) is 0 Å². The number of benzene rings is 1. The quantitative estimate of drug-likeness (QED) is 0.167. The third-order valence-corrected chi connectivity index (χ3v) is 8.45. The van der Waals surface area contributed by atoms with Crippen LogP contribution in [0.2, 0.25) is 25.7 Å². The van der Waals surface area contributed by atoms with E-state index in [0.29, 0.717) is 19.8 Å². The molecular weight excluding hydrogens is 520 g/mol. The van der Waals surface area contributed by atoms with Crippen molar-refractivity contribution in [3.05, 3.63) is 54.1 Å². The van der Waals surface area contributed by atoms with Gasteiger partial charge in [0.15, 0.2) is 5.82 Å². The number of hydrogen-bond donors (Lipinski definition) is 1. The Bertz CT molecular complexity index is 1460. The molecule has 1 amide bonds. The van der Waals surface area contributed by atoms with Gasteiger partial charge in [-0.2, -0.15) is 5.10 Å². The highest BCUT2D eigenvalue weighted by atomic mass is 28.3. The second-order valence-electron chi connectivity index (χ2n) is 12.4. The maximum atomic E-state index is 12.7. The number of nitrogens with zero attached hydrogens (tertiary/aromatic N) is 5. The van der Waals surface area contributed by atoms with Crippen molar-refractivity contribution >= 4 is 25.1 Å². The van der Waals surface area contributed by atoms with Gasteiger partial charge < -0.3 is 18.9 Å². The molecule has 1 N–H and O–H groups in total. The molecule has 3 aromatic heterocycles. The van der Waals surface area contributed by atoms with Crippen molar-refractivity contribution in [2.75, 3.05) is 13.2 Å². The van der Waals surface area contributed by atoms with Crippen molar-refractivity contribution < 1.29 is 14.3 Å². The minimum absolute atomic E-state index is 0.329. The molecule has 0 aliphatic carbocycles. The number of ether oxygens (including phenoxy) is 2. The molecule has 4 rings (SSSR count). The highest BCUT2D eigenvalue weighted by Gasteiger charge is 2.22. The van der Waals surface area contributed by atoms with Gasteiger partial charge in [0.05, 0.1) is 12.1 Å². The van der Waals surface area contributed by atoms with Crippen LogP contribution in [0.15, 0.2) is 43.0 Å². The summed E-state index contributed by atoms with van der Waals surface area (Å²) in [5, 5.41) is 8.73. The Kier molecular flexibility index (Phi) is 8.79. The molecule has 40 heavy (non-hydrogen) atoms. The van der Waals surface area contributed by atoms with Crippen LogP contribution in [-0.2, 0) is 22.7 Å². The molecule has 1 aromatic carbocycles. The Labute approximate surface area is 237 Å². The van der Waals surface area contributed by atoms with E-state index in [1.54, 1.807) is 11.1 Å². The fraction of sp³-hybridized carbons (Fsp3) is 0.467. The minimum atomic E-state index is -1.15. The van der Waals surface area contributed by atoms with Crippen LogP contribution in [0, 0.1) is 6.92 Å². The Morgan fingerprint density at radius 2 is 1.95 bits per heavy atom. The average molecular weight is 563 g/mol. The van der Waals surface area contributed by atoms with Crippen LogP contribution in [-0.4, -0.2) is 62.6 Å². The smallest absolute Gasteiger partial charge is 0.410 e. The van der Waals surface area contributed by atoms with Crippen LogP contribution in [0.4, 0.5) is 4.79 Å². The standard InChI is InChI=1S/C30H42N6O3Si/c1-9-35(29(37)39-30(3,4)5)19-23-17-31-18-25(21(23)2)22-10-11-26-24(16-22)27(34-33-26)28-32-12-13-36(28)20-38-14-15-40(6,7)8/h10-13,16-18H,9,14-15,19-20H2,1-8H3,(H,33,34). The molecule has 0 atom stereocenters. The zero-order valence-corrected chi connectivity index (χ0v) is 26.0. The predicted molar refractivity (Wildman–Crippen MR) is 162 cm³/mol. The van der Waals surface area contributed by atoms with Gasteiger partial charge in [0.1, 0.15) is 18.0 Å². The van der Waals surface area contributed by atoms with Crippen molar-refractivity contribution in [3.63, 3.8) is 0 Å². The number of amides is 1. The number of carbonyl (C=O) groups excluding carboxylic acids is 1. The highest BCUT2D eigenvalue weighted by molar-refractivity contribution is 6.76. The van der Waals surface area contributed by atoms with Crippen LogP contribution < -0.4 is 0 Å². The second kappa shape index (κ2) is 11.9. The normalized spacial score (nSPS) is 12.2. The summed E-state index contributed by atoms with van der Waals surface area (Å²) in [6.45, 7) is 18.8. The van der Waals surface area contributed by atoms with E-state index < -0.39 is 13.7 Å². The van der Waals surface area contributed by atoms with Crippen molar-refractivity contribution in [2.24, 2.45) is 0 Å². The summed E-state index contributed by atoms with van der Waals surface area (Å²) in [4.78, 5) is 23.6. The maximum Gasteiger partial charge on any atom is 0.410 e. The summed E-state index contributed by atoms with van der Waals surface area (Å²) in [6, 6.07) is 7.34. The number of H-pyrrole nitrogens is 1. The molecule has 0 unspecified atom stereocenters. The Balaban J connectivity index is 1.60. The molecule has 0 bridgehead atoms. The summed E-state index contributed by atoms with van der Waals surface area (Å²) in [6.07, 6.45) is 7.08. The molecule has 4 aromatic rings. The molecule has 0 aliphatic rings. The first kappa shape index (κ1) is 29.5.